The fourth-order valence-electron chi connectivity index (χ4n) is 9.04. The van der Waals surface area contributed by atoms with Gasteiger partial charge in [-0.1, -0.05) is 0 Å². The van der Waals surface area contributed by atoms with Crippen molar-refractivity contribution in [3.8, 4) is 22.3 Å². The van der Waals surface area contributed by atoms with Crippen LogP contribution in [0.2, 0.25) is 13.1 Å². The Kier molecular flexibility index (Phi) is 10.4. The summed E-state index contributed by atoms with van der Waals surface area (Å²) < 4.78 is 0.232. The van der Waals surface area contributed by atoms with Crippen LogP contribution in [-0.2, 0) is 15.6 Å². The van der Waals surface area contributed by atoms with Crippen LogP contribution in [0, 0.1) is 0 Å². The summed E-state index contributed by atoms with van der Waals surface area (Å²) in [5.41, 5.74) is 16.6. The summed E-state index contributed by atoms with van der Waals surface area (Å²) in [5, 5.41) is 0. The summed E-state index contributed by atoms with van der Waals surface area (Å²) >= 11 is -4.85. The molecule has 0 amide bonds. The first-order valence-electron chi connectivity index (χ1n) is 18.4. The quantitative estimate of drug-likeness (QED) is 0.133. The standard InChI is InChI=1S/2C21H23.C2H7Si.2ClH.Zr/c2*1-4-8-16-13-17-9-7-12-20(21(17)14-16)19-11-6-5-10-18(19)15(2)3;1-3-2;;;/h2*5-7,9-15H,4,8H2,1-3H3;3H,1-2H3;2*1H;/q;;;;;+2/p-2. The predicted octanol–water partition coefficient (Wildman–Crippen LogP) is 14.4. The Balaban J connectivity index is 1.61. The van der Waals surface area contributed by atoms with Crippen molar-refractivity contribution < 1.29 is 15.6 Å². The summed E-state index contributed by atoms with van der Waals surface area (Å²) in [5.74, 6) is -0.761. The van der Waals surface area contributed by atoms with Crippen LogP contribution in [0.5, 0.6) is 0 Å². The van der Waals surface area contributed by atoms with Gasteiger partial charge in [-0.3, -0.25) is 0 Å². The summed E-state index contributed by atoms with van der Waals surface area (Å²) in [6.45, 7) is 18.8. The second kappa shape index (κ2) is 14.0. The average Bonchev–Trinajstić information content (AvgIpc) is 3.64. The number of hydrogen-bond donors (Lipinski definition) is 0. The van der Waals surface area contributed by atoms with E-state index >= 15 is 0 Å². The molecule has 0 heterocycles. The van der Waals surface area contributed by atoms with Gasteiger partial charge in [0.2, 0.25) is 0 Å². The van der Waals surface area contributed by atoms with Crippen LogP contribution in [0.4, 0.5) is 0 Å². The third kappa shape index (κ3) is 5.86. The second-order valence-electron chi connectivity index (χ2n) is 15.3. The Morgan fingerprint density at radius 1 is 0.562 bits per heavy atom. The van der Waals surface area contributed by atoms with Crippen molar-refractivity contribution in [2.45, 2.75) is 99.4 Å². The van der Waals surface area contributed by atoms with Crippen LogP contribution < -0.4 is 0 Å². The van der Waals surface area contributed by atoms with E-state index in [2.05, 4.69) is 152 Å². The first kappa shape index (κ1) is 35.9. The molecule has 0 fully saturated rings. The molecule has 0 bridgehead atoms. The molecule has 4 aromatic carbocycles. The summed E-state index contributed by atoms with van der Waals surface area (Å²) in [6.07, 6.45) is 9.29. The van der Waals surface area contributed by atoms with Gasteiger partial charge in [0.25, 0.3) is 0 Å². The molecule has 2 aliphatic carbocycles. The zero-order valence-corrected chi connectivity index (χ0v) is 35.3. The Bertz CT molecular complexity index is 1760. The van der Waals surface area contributed by atoms with Gasteiger partial charge in [0.1, 0.15) is 0 Å². The molecule has 6 rings (SSSR count). The minimum atomic E-state index is -4.85. The van der Waals surface area contributed by atoms with E-state index in [0.717, 1.165) is 25.7 Å². The van der Waals surface area contributed by atoms with Crippen LogP contribution in [0.15, 0.2) is 96.1 Å². The van der Waals surface area contributed by atoms with Gasteiger partial charge in [0, 0.05) is 0 Å². The van der Waals surface area contributed by atoms with Crippen LogP contribution >= 0.6 is 17.0 Å². The van der Waals surface area contributed by atoms with Gasteiger partial charge < -0.3 is 0 Å². The predicted molar refractivity (Wildman–Crippen MR) is 214 cm³/mol. The molecule has 251 valence electrons. The van der Waals surface area contributed by atoms with E-state index in [9.17, 15) is 0 Å². The van der Waals surface area contributed by atoms with E-state index < -0.39 is 21.5 Å². The Hall–Kier alpha value is -1.96. The molecular weight excluding hydrogens is 719 g/mol. The Morgan fingerprint density at radius 2 is 0.938 bits per heavy atom. The molecule has 0 saturated carbocycles. The maximum absolute atomic E-state index is 8.77. The monoisotopic (exact) mass is 769 g/mol. The number of halogens is 2. The molecule has 0 saturated heterocycles. The zero-order chi connectivity index (χ0) is 34.4. The van der Waals surface area contributed by atoms with Crippen LogP contribution in [-0.4, -0.2) is 5.92 Å². The SMILES string of the molecule is CCCC1=Cc2c(-c3ccccc3C(C)C)cccc2[CH]1[Zr]([Cl])([Cl])([CH]1C(CCC)=Cc2c(-c3ccccc3C(C)C)cccc21)[SiH](C)C. The molecular formula is C44H53Cl2SiZr. The molecule has 0 aromatic heterocycles. The third-order valence-electron chi connectivity index (χ3n) is 11.3. The summed E-state index contributed by atoms with van der Waals surface area (Å²) in [4.78, 5) is 0. The van der Waals surface area contributed by atoms with Crippen molar-refractivity contribution in [1.29, 1.82) is 0 Å². The van der Waals surface area contributed by atoms with Gasteiger partial charge in [-0.05, 0) is 0 Å². The maximum atomic E-state index is 8.77. The molecule has 0 N–H and O–H groups in total. The van der Waals surface area contributed by atoms with E-state index in [0.29, 0.717) is 11.8 Å². The molecule has 0 nitrogen and oxygen atoms in total. The molecule has 0 radical (unpaired) electrons. The van der Waals surface area contributed by atoms with Gasteiger partial charge in [-0.15, -0.1) is 0 Å². The van der Waals surface area contributed by atoms with E-state index in [4.69, 9.17) is 17.0 Å². The van der Waals surface area contributed by atoms with Gasteiger partial charge in [-0.2, -0.15) is 0 Å². The van der Waals surface area contributed by atoms with Crippen molar-refractivity contribution in [3.05, 3.63) is 129 Å². The Labute approximate surface area is 299 Å². The average molecular weight is 772 g/mol. The third-order valence-corrected chi connectivity index (χ3v) is 63.2. The van der Waals surface area contributed by atoms with Crippen LogP contribution in [0.1, 0.15) is 120 Å². The van der Waals surface area contributed by atoms with Crippen LogP contribution in [0.25, 0.3) is 34.4 Å². The van der Waals surface area contributed by atoms with Crippen molar-refractivity contribution in [3.63, 3.8) is 0 Å². The van der Waals surface area contributed by atoms with Crippen molar-refractivity contribution >= 4 is 35.1 Å². The molecule has 4 aromatic rings. The normalized spacial score (nSPS) is 18.1. The summed E-state index contributed by atoms with van der Waals surface area (Å²) in [6, 6.07) is 31.9. The number of benzene rings is 4. The molecule has 2 atom stereocenters. The van der Waals surface area contributed by atoms with E-state index in [1.165, 1.54) is 66.8 Å². The van der Waals surface area contributed by atoms with Gasteiger partial charge in [0.05, 0.1) is 0 Å². The molecule has 0 spiro atoms. The van der Waals surface area contributed by atoms with Gasteiger partial charge in [-0.25, -0.2) is 0 Å². The fraction of sp³-hybridized carbons (Fsp3) is 0.364. The van der Waals surface area contributed by atoms with E-state index in [1.54, 1.807) is 0 Å². The molecule has 2 aliphatic rings. The second-order valence-corrected chi connectivity index (χ2v) is 57.8. The van der Waals surface area contributed by atoms with Crippen molar-refractivity contribution in [2.75, 3.05) is 0 Å². The van der Waals surface area contributed by atoms with E-state index in [1.807, 2.05) is 0 Å². The summed E-state index contributed by atoms with van der Waals surface area (Å²) in [7, 11) is 17.5. The van der Waals surface area contributed by atoms with Crippen molar-refractivity contribution in [1.82, 2.24) is 0 Å². The van der Waals surface area contributed by atoms with Gasteiger partial charge in [0.15, 0.2) is 0 Å². The van der Waals surface area contributed by atoms with E-state index in [-0.39, 0.29) is 7.25 Å². The minimum absolute atomic E-state index is 0.116. The first-order valence-corrected chi connectivity index (χ1v) is 34.7. The molecule has 4 heteroatoms. The number of hydrogen-bond acceptors (Lipinski definition) is 0. The number of rotatable bonds is 11. The zero-order valence-electron chi connectivity index (χ0n) is 30.2. The van der Waals surface area contributed by atoms with Crippen molar-refractivity contribution in [2.24, 2.45) is 0 Å². The first-order chi connectivity index (χ1) is 22.9. The molecule has 0 aliphatic heterocycles. The topological polar surface area (TPSA) is 0 Å². The molecule has 48 heavy (non-hydrogen) atoms. The Morgan fingerprint density at radius 3 is 1.29 bits per heavy atom. The molecule has 2 unspecified atom stereocenters. The fourth-order valence-corrected chi connectivity index (χ4v) is 40.5. The number of fused-ring (bicyclic) bond motifs is 2. The number of allylic oxidation sites excluding steroid dienone is 2. The van der Waals surface area contributed by atoms with Gasteiger partial charge >= 0.3 is 302 Å². The van der Waals surface area contributed by atoms with Crippen LogP contribution in [0.3, 0.4) is 0 Å².